The van der Waals surface area contributed by atoms with Crippen LogP contribution in [0.15, 0.2) is 22.8 Å². The Balaban J connectivity index is 2.01. The van der Waals surface area contributed by atoms with Gasteiger partial charge in [-0.2, -0.15) is 0 Å². The van der Waals surface area contributed by atoms with Crippen LogP contribution < -0.4 is 0 Å². The number of halogens is 1. The lowest BCUT2D eigenvalue weighted by Gasteiger charge is -2.32. The summed E-state index contributed by atoms with van der Waals surface area (Å²) < 4.78 is 0.935. The van der Waals surface area contributed by atoms with E-state index in [0.717, 1.165) is 16.8 Å². The molecule has 3 heteroatoms. The Hall–Kier alpha value is -0.410. The van der Waals surface area contributed by atoms with Crippen LogP contribution in [0.3, 0.4) is 0 Å². The molecule has 2 heterocycles. The zero-order valence-corrected chi connectivity index (χ0v) is 10.7. The molecule has 0 spiro atoms. The van der Waals surface area contributed by atoms with Gasteiger partial charge in [-0.05, 0) is 54.4 Å². The number of pyridine rings is 1. The van der Waals surface area contributed by atoms with Crippen molar-refractivity contribution in [3.63, 3.8) is 0 Å². The summed E-state index contributed by atoms with van der Waals surface area (Å²) in [5.74, 6) is 0. The average Bonchev–Trinajstić information content (AvgIpc) is 2.22. The molecule has 0 N–H and O–H groups in total. The number of nitrogens with zero attached hydrogens (tertiary/aromatic N) is 2. The predicted molar refractivity (Wildman–Crippen MR) is 65.7 cm³/mol. The molecule has 0 amide bonds. The van der Waals surface area contributed by atoms with Crippen LogP contribution in [-0.2, 0) is 6.54 Å². The van der Waals surface area contributed by atoms with E-state index in [0.29, 0.717) is 6.04 Å². The Bertz CT molecular complexity index is 327. The van der Waals surface area contributed by atoms with Crippen molar-refractivity contribution in [2.24, 2.45) is 0 Å². The maximum absolute atomic E-state index is 4.48. The summed E-state index contributed by atoms with van der Waals surface area (Å²) >= 11 is 3.41. The Kier molecular flexibility index (Phi) is 3.76. The summed E-state index contributed by atoms with van der Waals surface area (Å²) in [4.78, 5) is 7.00. The summed E-state index contributed by atoms with van der Waals surface area (Å²) in [7, 11) is 0. The molecule has 0 bridgehead atoms. The molecule has 1 saturated heterocycles. The van der Waals surface area contributed by atoms with Crippen molar-refractivity contribution in [2.75, 3.05) is 6.54 Å². The molecule has 1 aromatic heterocycles. The summed E-state index contributed by atoms with van der Waals surface area (Å²) in [6.45, 7) is 4.52. The van der Waals surface area contributed by atoms with E-state index in [1.54, 1.807) is 0 Å². The van der Waals surface area contributed by atoms with Crippen LogP contribution in [0.5, 0.6) is 0 Å². The van der Waals surface area contributed by atoms with E-state index in [1.807, 2.05) is 6.07 Å². The topological polar surface area (TPSA) is 16.1 Å². The maximum atomic E-state index is 4.48. The normalized spacial score (nSPS) is 22.9. The molecule has 1 aromatic rings. The van der Waals surface area contributed by atoms with Crippen LogP contribution >= 0.6 is 15.9 Å². The second-order valence-electron chi connectivity index (χ2n) is 4.27. The molecule has 15 heavy (non-hydrogen) atoms. The molecule has 2 rings (SSSR count). The van der Waals surface area contributed by atoms with Gasteiger partial charge in [-0.15, -0.1) is 0 Å². The fourth-order valence-corrected chi connectivity index (χ4v) is 2.52. The van der Waals surface area contributed by atoms with Crippen molar-refractivity contribution in [3.8, 4) is 0 Å². The van der Waals surface area contributed by atoms with Crippen LogP contribution in [0.1, 0.15) is 31.9 Å². The monoisotopic (exact) mass is 268 g/mol. The highest BCUT2D eigenvalue weighted by molar-refractivity contribution is 9.10. The van der Waals surface area contributed by atoms with E-state index in [1.165, 1.54) is 25.8 Å². The third kappa shape index (κ3) is 3.02. The minimum atomic E-state index is 0.708. The molecular formula is C12H17BrN2. The predicted octanol–water partition coefficient (Wildman–Crippen LogP) is 3.22. The number of hydrogen-bond acceptors (Lipinski definition) is 2. The molecule has 1 aliphatic heterocycles. The first-order chi connectivity index (χ1) is 7.25. The molecule has 0 saturated carbocycles. The lowest BCUT2D eigenvalue weighted by molar-refractivity contribution is 0.151. The highest BCUT2D eigenvalue weighted by atomic mass is 79.9. The van der Waals surface area contributed by atoms with E-state index in [4.69, 9.17) is 0 Å². The van der Waals surface area contributed by atoms with Crippen LogP contribution in [0.25, 0.3) is 0 Å². The Labute approximate surface area is 99.8 Å². The van der Waals surface area contributed by atoms with Gasteiger partial charge in [0, 0.05) is 12.6 Å². The lowest BCUT2D eigenvalue weighted by atomic mass is 10.0. The van der Waals surface area contributed by atoms with Gasteiger partial charge < -0.3 is 0 Å². The zero-order chi connectivity index (χ0) is 10.7. The van der Waals surface area contributed by atoms with Gasteiger partial charge in [-0.1, -0.05) is 12.5 Å². The minimum Gasteiger partial charge on any atom is -0.295 e. The number of piperidine rings is 1. The highest BCUT2D eigenvalue weighted by Gasteiger charge is 2.18. The number of likely N-dealkylation sites (tertiary alicyclic amines) is 1. The van der Waals surface area contributed by atoms with Crippen molar-refractivity contribution < 1.29 is 0 Å². The van der Waals surface area contributed by atoms with Gasteiger partial charge in [-0.3, -0.25) is 4.90 Å². The maximum Gasteiger partial charge on any atom is 0.106 e. The molecule has 0 aromatic carbocycles. The molecule has 82 valence electrons. The van der Waals surface area contributed by atoms with Crippen LogP contribution in [0, 0.1) is 0 Å². The van der Waals surface area contributed by atoms with Crippen LogP contribution in [-0.4, -0.2) is 22.5 Å². The van der Waals surface area contributed by atoms with E-state index >= 15 is 0 Å². The highest BCUT2D eigenvalue weighted by Crippen LogP contribution is 2.18. The summed E-state index contributed by atoms with van der Waals surface area (Å²) in [6, 6.07) is 6.84. The van der Waals surface area contributed by atoms with E-state index < -0.39 is 0 Å². The third-order valence-electron chi connectivity index (χ3n) is 3.08. The van der Waals surface area contributed by atoms with Gasteiger partial charge in [0.1, 0.15) is 4.60 Å². The van der Waals surface area contributed by atoms with Crippen molar-refractivity contribution in [2.45, 2.75) is 38.8 Å². The average molecular weight is 269 g/mol. The smallest absolute Gasteiger partial charge is 0.106 e. The summed E-state index contributed by atoms with van der Waals surface area (Å²) in [5, 5.41) is 0. The first kappa shape index (κ1) is 11.1. The SMILES string of the molecule is CC1CCCCN1Cc1cccc(Br)n1. The number of aromatic nitrogens is 1. The van der Waals surface area contributed by atoms with Crippen molar-refractivity contribution in [1.29, 1.82) is 0 Å². The second kappa shape index (κ2) is 5.08. The number of rotatable bonds is 2. The zero-order valence-electron chi connectivity index (χ0n) is 9.12. The quantitative estimate of drug-likeness (QED) is 0.766. The number of hydrogen-bond donors (Lipinski definition) is 0. The second-order valence-corrected chi connectivity index (χ2v) is 5.08. The fraction of sp³-hybridized carbons (Fsp3) is 0.583. The first-order valence-corrected chi connectivity index (χ1v) is 6.40. The molecule has 0 aliphatic carbocycles. The van der Waals surface area contributed by atoms with Gasteiger partial charge in [0.2, 0.25) is 0 Å². The molecule has 1 fully saturated rings. The third-order valence-corrected chi connectivity index (χ3v) is 3.52. The Morgan fingerprint density at radius 1 is 1.47 bits per heavy atom. The Morgan fingerprint density at radius 3 is 3.07 bits per heavy atom. The fourth-order valence-electron chi connectivity index (χ4n) is 2.14. The summed E-state index contributed by atoms with van der Waals surface area (Å²) in [5.41, 5.74) is 1.16. The van der Waals surface area contributed by atoms with Crippen molar-refractivity contribution >= 4 is 15.9 Å². The van der Waals surface area contributed by atoms with Crippen molar-refractivity contribution in [3.05, 3.63) is 28.5 Å². The molecule has 1 atom stereocenters. The lowest BCUT2D eigenvalue weighted by Crippen LogP contribution is -2.36. The van der Waals surface area contributed by atoms with Crippen molar-refractivity contribution in [1.82, 2.24) is 9.88 Å². The van der Waals surface area contributed by atoms with Gasteiger partial charge in [0.15, 0.2) is 0 Å². The molecule has 0 radical (unpaired) electrons. The van der Waals surface area contributed by atoms with Gasteiger partial charge >= 0.3 is 0 Å². The Morgan fingerprint density at radius 2 is 2.33 bits per heavy atom. The van der Waals surface area contributed by atoms with Gasteiger partial charge in [-0.25, -0.2) is 4.98 Å². The van der Waals surface area contributed by atoms with Crippen LogP contribution in [0.2, 0.25) is 0 Å². The first-order valence-electron chi connectivity index (χ1n) is 5.61. The molecular weight excluding hydrogens is 252 g/mol. The molecule has 1 aliphatic rings. The largest absolute Gasteiger partial charge is 0.295 e. The molecule has 1 unspecified atom stereocenters. The summed E-state index contributed by atoms with van der Waals surface area (Å²) in [6.07, 6.45) is 4.04. The molecule has 2 nitrogen and oxygen atoms in total. The van der Waals surface area contributed by atoms with Gasteiger partial charge in [0.05, 0.1) is 5.69 Å². The van der Waals surface area contributed by atoms with Gasteiger partial charge in [0.25, 0.3) is 0 Å². The van der Waals surface area contributed by atoms with E-state index in [2.05, 4.69) is 44.9 Å². The van der Waals surface area contributed by atoms with Crippen LogP contribution in [0.4, 0.5) is 0 Å². The minimum absolute atomic E-state index is 0.708. The standard InChI is InChI=1S/C12H17BrN2/c1-10-5-2-3-8-15(10)9-11-6-4-7-12(13)14-11/h4,6-7,10H,2-3,5,8-9H2,1H3. The van der Waals surface area contributed by atoms with E-state index in [9.17, 15) is 0 Å². The van der Waals surface area contributed by atoms with E-state index in [-0.39, 0.29) is 0 Å².